The van der Waals surface area contributed by atoms with Crippen molar-refractivity contribution < 1.29 is 0 Å². The van der Waals surface area contributed by atoms with Gasteiger partial charge < -0.3 is 10.3 Å². The number of hydroxylamine groups is 2. The van der Waals surface area contributed by atoms with Crippen molar-refractivity contribution in [3.63, 3.8) is 0 Å². The lowest BCUT2D eigenvalue weighted by Gasteiger charge is -2.47. The Bertz CT molecular complexity index is 270. The third kappa shape index (κ3) is 1.77. The Morgan fingerprint density at radius 3 is 2.07 bits per heavy atom. The van der Waals surface area contributed by atoms with Crippen molar-refractivity contribution >= 4 is 34.8 Å². The highest BCUT2D eigenvalue weighted by Gasteiger charge is 2.44. The lowest BCUT2D eigenvalue weighted by molar-refractivity contribution is 0.200. The molecule has 1 aliphatic rings. The van der Waals surface area contributed by atoms with Crippen LogP contribution in [-0.4, -0.2) is 27.4 Å². The molecule has 0 N–H and O–H groups in total. The van der Waals surface area contributed by atoms with Crippen molar-refractivity contribution in [3.8, 4) is 12.1 Å². The van der Waals surface area contributed by atoms with Gasteiger partial charge in [-0.1, -0.05) is 0 Å². The Morgan fingerprint density at radius 2 is 1.64 bits per heavy atom. The Balaban J connectivity index is 2.98. The molecule has 0 aromatic heterocycles. The molecule has 0 aliphatic carbocycles. The van der Waals surface area contributed by atoms with Gasteiger partial charge in [0.15, 0.2) is 0 Å². The molecule has 0 aromatic carbocycles. The van der Waals surface area contributed by atoms with Crippen molar-refractivity contribution in [1.29, 1.82) is 10.5 Å². The standard InChI is InChI=1S/C7H5Cl3N3O/c8-5-3(1-11)4(2-12)13(14)7(10)6(5)9/h3-7H/q-1. The molecule has 1 heterocycles. The van der Waals surface area contributed by atoms with Crippen LogP contribution in [0.4, 0.5) is 0 Å². The molecule has 0 bridgehead atoms. The minimum absolute atomic E-state index is 0.325. The third-order valence-electron chi connectivity index (χ3n) is 2.05. The van der Waals surface area contributed by atoms with Crippen LogP contribution in [0.2, 0.25) is 0 Å². The van der Waals surface area contributed by atoms with Crippen LogP contribution in [0.5, 0.6) is 0 Å². The maximum atomic E-state index is 11.3. The fraction of sp³-hybridized carbons (Fsp3) is 0.714. The number of piperidine rings is 1. The van der Waals surface area contributed by atoms with Gasteiger partial charge in [0, 0.05) is 0 Å². The molecule has 14 heavy (non-hydrogen) atoms. The van der Waals surface area contributed by atoms with Gasteiger partial charge in [-0.05, 0) is 0 Å². The van der Waals surface area contributed by atoms with Crippen LogP contribution in [-0.2, 0) is 0 Å². The van der Waals surface area contributed by atoms with E-state index in [9.17, 15) is 5.21 Å². The SMILES string of the molecule is N#CC1C(Cl)C(Cl)C(Cl)N([O-])C1C#N. The monoisotopic (exact) mass is 252 g/mol. The minimum atomic E-state index is -1.15. The van der Waals surface area contributed by atoms with Crippen LogP contribution in [0.1, 0.15) is 0 Å². The molecule has 4 nitrogen and oxygen atoms in total. The molecule has 7 heteroatoms. The first-order valence-electron chi connectivity index (χ1n) is 3.71. The molecule has 76 valence electrons. The summed E-state index contributed by atoms with van der Waals surface area (Å²) in [6, 6.07) is 2.34. The summed E-state index contributed by atoms with van der Waals surface area (Å²) >= 11 is 17.2. The molecule has 1 aliphatic heterocycles. The Morgan fingerprint density at radius 1 is 1.07 bits per heavy atom. The highest BCUT2D eigenvalue weighted by molar-refractivity contribution is 6.35. The van der Waals surface area contributed by atoms with E-state index in [1.54, 1.807) is 12.1 Å². The van der Waals surface area contributed by atoms with Gasteiger partial charge in [0.25, 0.3) is 0 Å². The minimum Gasteiger partial charge on any atom is -0.783 e. The van der Waals surface area contributed by atoms with Gasteiger partial charge >= 0.3 is 0 Å². The van der Waals surface area contributed by atoms with Crippen molar-refractivity contribution in [2.24, 2.45) is 5.92 Å². The van der Waals surface area contributed by atoms with E-state index in [4.69, 9.17) is 45.3 Å². The summed E-state index contributed by atoms with van der Waals surface area (Å²) in [5.74, 6) is -0.920. The Kier molecular flexibility index (Phi) is 3.83. The summed E-state index contributed by atoms with van der Waals surface area (Å²) in [5.41, 5.74) is -1.08. The average Bonchev–Trinajstić information content (AvgIpc) is 2.20. The average molecular weight is 253 g/mol. The predicted molar refractivity (Wildman–Crippen MR) is 52.6 cm³/mol. The van der Waals surface area contributed by atoms with E-state index in [0.717, 1.165) is 0 Å². The quantitative estimate of drug-likeness (QED) is 0.485. The van der Waals surface area contributed by atoms with E-state index in [2.05, 4.69) is 0 Å². The molecule has 1 fully saturated rings. The largest absolute Gasteiger partial charge is 0.783 e. The third-order valence-corrected chi connectivity index (χ3v) is 3.82. The lowest BCUT2D eigenvalue weighted by Crippen LogP contribution is -2.55. The van der Waals surface area contributed by atoms with E-state index >= 15 is 0 Å². The second kappa shape index (κ2) is 4.53. The zero-order valence-electron chi connectivity index (χ0n) is 6.77. The molecule has 0 radical (unpaired) electrons. The van der Waals surface area contributed by atoms with Crippen molar-refractivity contribution in [1.82, 2.24) is 5.06 Å². The van der Waals surface area contributed by atoms with Gasteiger partial charge in [-0.2, -0.15) is 10.5 Å². The number of alkyl halides is 3. The van der Waals surface area contributed by atoms with E-state index in [-0.39, 0.29) is 0 Å². The van der Waals surface area contributed by atoms with E-state index in [1.807, 2.05) is 0 Å². The van der Waals surface area contributed by atoms with Crippen LogP contribution >= 0.6 is 34.8 Å². The smallest absolute Gasteiger partial charge is 0.105 e. The number of nitrogens with zero attached hydrogens (tertiary/aromatic N) is 3. The highest BCUT2D eigenvalue weighted by atomic mass is 35.5. The van der Waals surface area contributed by atoms with Crippen LogP contribution < -0.4 is 0 Å². The van der Waals surface area contributed by atoms with Gasteiger partial charge in [0.2, 0.25) is 0 Å². The molecule has 0 spiro atoms. The van der Waals surface area contributed by atoms with E-state index in [0.29, 0.717) is 5.06 Å². The van der Waals surface area contributed by atoms with E-state index < -0.39 is 28.2 Å². The van der Waals surface area contributed by atoms with Gasteiger partial charge in [0.1, 0.15) is 6.04 Å². The van der Waals surface area contributed by atoms with Crippen molar-refractivity contribution in [2.75, 3.05) is 0 Å². The second-order valence-corrected chi connectivity index (χ2v) is 4.31. The summed E-state index contributed by atoms with van der Waals surface area (Å²) in [6.45, 7) is 0. The van der Waals surface area contributed by atoms with Gasteiger partial charge in [-0.15, -0.1) is 34.8 Å². The van der Waals surface area contributed by atoms with Gasteiger partial charge in [0.05, 0.1) is 34.3 Å². The maximum absolute atomic E-state index is 11.3. The molecule has 0 aromatic rings. The van der Waals surface area contributed by atoms with Gasteiger partial charge in [-0.3, -0.25) is 0 Å². The summed E-state index contributed by atoms with van der Waals surface area (Å²) in [5, 5.41) is 27.5. The zero-order chi connectivity index (χ0) is 10.9. The molecular weight excluding hydrogens is 248 g/mol. The lowest BCUT2D eigenvalue weighted by atomic mass is 9.92. The fourth-order valence-electron chi connectivity index (χ4n) is 1.26. The van der Waals surface area contributed by atoms with E-state index in [1.165, 1.54) is 0 Å². The number of hydrogen-bond donors (Lipinski definition) is 0. The normalized spacial score (nSPS) is 44.0. The predicted octanol–water partition coefficient (Wildman–Crippen LogP) is 1.61. The summed E-state index contributed by atoms with van der Waals surface area (Å²) in [7, 11) is 0. The van der Waals surface area contributed by atoms with Crippen LogP contribution in [0.3, 0.4) is 0 Å². The summed E-state index contributed by atoms with van der Waals surface area (Å²) in [6.07, 6.45) is 0. The second-order valence-electron chi connectivity index (χ2n) is 2.85. The summed E-state index contributed by atoms with van der Waals surface area (Å²) in [4.78, 5) is 0. The number of halogens is 3. The fourth-order valence-corrected chi connectivity index (χ4v) is 2.21. The maximum Gasteiger partial charge on any atom is 0.105 e. The molecule has 0 saturated carbocycles. The van der Waals surface area contributed by atoms with Crippen LogP contribution in [0.25, 0.3) is 0 Å². The Labute approximate surface area is 96.1 Å². The first-order valence-corrected chi connectivity index (χ1v) is 5.02. The molecule has 5 unspecified atom stereocenters. The number of rotatable bonds is 0. The molecule has 5 atom stereocenters. The van der Waals surface area contributed by atoms with Crippen LogP contribution in [0, 0.1) is 33.8 Å². The van der Waals surface area contributed by atoms with Crippen molar-refractivity contribution in [2.45, 2.75) is 22.3 Å². The molecule has 0 amide bonds. The molecule has 1 rings (SSSR count). The zero-order valence-corrected chi connectivity index (χ0v) is 9.04. The highest BCUT2D eigenvalue weighted by Crippen LogP contribution is 2.35. The van der Waals surface area contributed by atoms with Crippen molar-refractivity contribution in [3.05, 3.63) is 5.21 Å². The first kappa shape index (κ1) is 11.8. The Hall–Kier alpha value is -0.230. The van der Waals surface area contributed by atoms with Crippen LogP contribution in [0.15, 0.2) is 0 Å². The summed E-state index contributed by atoms with van der Waals surface area (Å²) < 4.78 is 0. The molecular formula is C7H5Cl3N3O-. The number of hydrogen-bond acceptors (Lipinski definition) is 4. The first-order chi connectivity index (χ1) is 6.54. The molecule has 1 saturated heterocycles. The topological polar surface area (TPSA) is 73.9 Å². The number of nitriles is 2. The van der Waals surface area contributed by atoms with Gasteiger partial charge in [-0.25, -0.2) is 0 Å².